The number of aromatic nitrogens is 4. The van der Waals surface area contributed by atoms with E-state index < -0.39 is 0 Å². The van der Waals surface area contributed by atoms with E-state index in [0.29, 0.717) is 25.3 Å². The van der Waals surface area contributed by atoms with Crippen molar-refractivity contribution in [2.75, 3.05) is 11.9 Å². The Balaban J connectivity index is 1.36. The summed E-state index contributed by atoms with van der Waals surface area (Å²) in [6.45, 7) is 0.653. The number of anilines is 1. The maximum Gasteiger partial charge on any atom is 0.227 e. The number of H-pyrrole nitrogens is 1. The third-order valence-corrected chi connectivity index (χ3v) is 4.45. The predicted octanol–water partition coefficient (Wildman–Crippen LogP) is 2.43. The average molecular weight is 349 g/mol. The highest BCUT2D eigenvalue weighted by atomic mass is 16.5. The van der Waals surface area contributed by atoms with E-state index in [9.17, 15) is 4.79 Å². The van der Waals surface area contributed by atoms with E-state index in [1.165, 1.54) is 5.56 Å². The van der Waals surface area contributed by atoms with E-state index in [1.807, 2.05) is 42.5 Å². The van der Waals surface area contributed by atoms with Crippen molar-refractivity contribution in [1.29, 1.82) is 0 Å². The van der Waals surface area contributed by atoms with Crippen LogP contribution in [0.1, 0.15) is 35.0 Å². The second-order valence-electron chi connectivity index (χ2n) is 6.26. The van der Waals surface area contributed by atoms with Gasteiger partial charge in [0.25, 0.3) is 0 Å². The van der Waals surface area contributed by atoms with Crippen LogP contribution in [-0.2, 0) is 22.4 Å². The van der Waals surface area contributed by atoms with E-state index >= 15 is 0 Å². The van der Waals surface area contributed by atoms with Gasteiger partial charge in [-0.25, -0.2) is 0 Å². The molecule has 1 aliphatic heterocycles. The quantitative estimate of drug-likeness (QED) is 0.738. The summed E-state index contributed by atoms with van der Waals surface area (Å²) in [6, 6.07) is 15.8. The number of aromatic amines is 1. The summed E-state index contributed by atoms with van der Waals surface area (Å²) >= 11 is 0. The molecule has 1 atom stereocenters. The van der Waals surface area contributed by atoms with Gasteiger partial charge in [-0.05, 0) is 35.2 Å². The first-order valence-corrected chi connectivity index (χ1v) is 8.58. The van der Waals surface area contributed by atoms with Gasteiger partial charge in [-0.15, -0.1) is 10.2 Å². The summed E-state index contributed by atoms with van der Waals surface area (Å²) in [5, 5.41) is 16.8. The van der Waals surface area contributed by atoms with Crippen LogP contribution >= 0.6 is 0 Å². The predicted molar refractivity (Wildman–Crippen MR) is 95.5 cm³/mol. The summed E-state index contributed by atoms with van der Waals surface area (Å²) in [5.74, 6) is 0.576. The van der Waals surface area contributed by atoms with Crippen molar-refractivity contribution in [2.24, 2.45) is 0 Å². The van der Waals surface area contributed by atoms with Crippen LogP contribution in [0.2, 0.25) is 0 Å². The van der Waals surface area contributed by atoms with Crippen LogP contribution in [0, 0.1) is 0 Å². The molecule has 132 valence electrons. The number of ether oxygens (including phenoxy) is 1. The number of nitrogens with zero attached hydrogens (tertiary/aromatic N) is 3. The Kier molecular flexibility index (Phi) is 4.70. The number of fused-ring (bicyclic) bond motifs is 1. The molecule has 2 aromatic carbocycles. The minimum Gasteiger partial charge on any atom is -0.373 e. The van der Waals surface area contributed by atoms with Crippen molar-refractivity contribution in [2.45, 2.75) is 25.4 Å². The molecule has 1 aromatic heterocycles. The monoisotopic (exact) mass is 349 g/mol. The Morgan fingerprint density at radius 3 is 2.85 bits per heavy atom. The molecular weight excluding hydrogens is 330 g/mol. The zero-order valence-corrected chi connectivity index (χ0v) is 14.2. The molecule has 0 saturated heterocycles. The summed E-state index contributed by atoms with van der Waals surface area (Å²) in [5.41, 5.74) is 4.19. The molecule has 1 aliphatic rings. The van der Waals surface area contributed by atoms with Gasteiger partial charge in [0.2, 0.25) is 5.91 Å². The Morgan fingerprint density at radius 2 is 2.04 bits per heavy atom. The van der Waals surface area contributed by atoms with E-state index in [0.717, 1.165) is 23.2 Å². The molecule has 0 fully saturated rings. The van der Waals surface area contributed by atoms with Crippen LogP contribution in [0.3, 0.4) is 0 Å². The molecule has 0 radical (unpaired) electrons. The summed E-state index contributed by atoms with van der Waals surface area (Å²) in [7, 11) is 0. The maximum atomic E-state index is 12.4. The Morgan fingerprint density at radius 1 is 1.19 bits per heavy atom. The first-order valence-electron chi connectivity index (χ1n) is 8.58. The Bertz CT molecular complexity index is 877. The van der Waals surface area contributed by atoms with Crippen LogP contribution in [0.25, 0.3) is 0 Å². The molecular formula is C19H19N5O2. The van der Waals surface area contributed by atoms with E-state index in [2.05, 4.69) is 32.0 Å². The zero-order valence-electron chi connectivity index (χ0n) is 14.2. The lowest BCUT2D eigenvalue weighted by molar-refractivity contribution is -0.119. The molecule has 0 spiro atoms. The van der Waals surface area contributed by atoms with Gasteiger partial charge in [-0.2, -0.15) is 5.21 Å². The van der Waals surface area contributed by atoms with Gasteiger partial charge in [0.1, 0.15) is 0 Å². The van der Waals surface area contributed by atoms with Crippen LogP contribution in [-0.4, -0.2) is 33.1 Å². The number of amides is 1. The van der Waals surface area contributed by atoms with Crippen LogP contribution < -0.4 is 5.32 Å². The number of carbonyl (C=O) groups is 1. The molecule has 2 N–H and O–H groups in total. The first kappa shape index (κ1) is 16.4. The minimum atomic E-state index is -0.183. The molecule has 26 heavy (non-hydrogen) atoms. The number of hydrogen-bond acceptors (Lipinski definition) is 5. The average Bonchev–Trinajstić information content (AvgIpc) is 3.17. The summed E-state index contributed by atoms with van der Waals surface area (Å²) in [4.78, 5) is 12.4. The minimum absolute atomic E-state index is 0.0578. The molecule has 0 saturated carbocycles. The number of nitrogens with one attached hydrogen (secondary N) is 2. The van der Waals surface area contributed by atoms with Crippen molar-refractivity contribution >= 4 is 11.6 Å². The van der Waals surface area contributed by atoms with Crippen molar-refractivity contribution in [3.63, 3.8) is 0 Å². The second-order valence-corrected chi connectivity index (χ2v) is 6.26. The fraction of sp³-hybridized carbons (Fsp3) is 0.263. The van der Waals surface area contributed by atoms with E-state index in [-0.39, 0.29) is 12.0 Å². The van der Waals surface area contributed by atoms with Crippen molar-refractivity contribution in [3.8, 4) is 0 Å². The highest BCUT2D eigenvalue weighted by Crippen LogP contribution is 2.29. The lowest BCUT2D eigenvalue weighted by Crippen LogP contribution is -2.22. The van der Waals surface area contributed by atoms with Gasteiger partial charge >= 0.3 is 0 Å². The van der Waals surface area contributed by atoms with Crippen molar-refractivity contribution in [1.82, 2.24) is 20.6 Å². The fourth-order valence-corrected chi connectivity index (χ4v) is 3.17. The van der Waals surface area contributed by atoms with Crippen LogP contribution in [0.15, 0.2) is 48.5 Å². The van der Waals surface area contributed by atoms with Gasteiger partial charge in [0.15, 0.2) is 5.82 Å². The molecule has 7 nitrogen and oxygen atoms in total. The summed E-state index contributed by atoms with van der Waals surface area (Å²) in [6.07, 6.45) is 1.62. The maximum absolute atomic E-state index is 12.4. The highest BCUT2D eigenvalue weighted by molar-refractivity contribution is 5.91. The van der Waals surface area contributed by atoms with Gasteiger partial charge in [0.05, 0.1) is 19.1 Å². The number of carbonyl (C=O) groups excluding carboxylic acids is 1. The molecule has 3 aromatic rings. The molecule has 1 amide bonds. The molecule has 7 heteroatoms. The molecule has 0 unspecified atom stereocenters. The fourth-order valence-electron chi connectivity index (χ4n) is 3.17. The highest BCUT2D eigenvalue weighted by Gasteiger charge is 2.23. The smallest absolute Gasteiger partial charge is 0.227 e. The standard InChI is InChI=1S/C19H19N5O2/c25-19(12-17-16-4-2-1-3-14(16)9-10-26-17)20-15-7-5-13(6-8-15)11-18-21-23-24-22-18/h1-8,17H,9-12H2,(H,20,25)(H,21,22,23,24)/t17-/m1/s1. The number of benzene rings is 2. The Hall–Kier alpha value is -3.06. The molecule has 2 heterocycles. The number of hydrogen-bond donors (Lipinski definition) is 2. The first-order chi connectivity index (χ1) is 12.8. The summed E-state index contributed by atoms with van der Waals surface area (Å²) < 4.78 is 5.81. The topological polar surface area (TPSA) is 92.8 Å². The largest absolute Gasteiger partial charge is 0.373 e. The van der Waals surface area contributed by atoms with E-state index in [1.54, 1.807) is 0 Å². The molecule has 4 rings (SSSR count). The molecule has 0 bridgehead atoms. The van der Waals surface area contributed by atoms with Crippen molar-refractivity contribution in [3.05, 3.63) is 71.0 Å². The zero-order chi connectivity index (χ0) is 17.8. The van der Waals surface area contributed by atoms with Crippen LogP contribution in [0.4, 0.5) is 5.69 Å². The van der Waals surface area contributed by atoms with Gasteiger partial charge in [0, 0.05) is 12.1 Å². The van der Waals surface area contributed by atoms with Gasteiger partial charge in [-0.3, -0.25) is 4.79 Å². The lowest BCUT2D eigenvalue weighted by atomic mass is 9.95. The lowest BCUT2D eigenvalue weighted by Gasteiger charge is -2.25. The normalized spacial score (nSPS) is 16.1. The third kappa shape index (κ3) is 3.78. The van der Waals surface area contributed by atoms with Gasteiger partial charge < -0.3 is 10.1 Å². The number of rotatable bonds is 5. The third-order valence-electron chi connectivity index (χ3n) is 4.45. The second kappa shape index (κ2) is 7.45. The van der Waals surface area contributed by atoms with E-state index in [4.69, 9.17) is 4.74 Å². The van der Waals surface area contributed by atoms with Crippen molar-refractivity contribution < 1.29 is 9.53 Å². The Labute approximate surface area is 150 Å². The SMILES string of the molecule is O=C(C[C@H]1OCCc2ccccc21)Nc1ccc(Cc2nn[nH]n2)cc1. The van der Waals surface area contributed by atoms with Crippen LogP contribution in [0.5, 0.6) is 0 Å². The number of tetrazole rings is 1. The molecule has 0 aliphatic carbocycles. The van der Waals surface area contributed by atoms with Gasteiger partial charge in [-0.1, -0.05) is 41.6 Å².